The number of piperidine rings is 1. The molecule has 2 aliphatic rings. The van der Waals surface area contributed by atoms with Crippen LogP contribution in [0.25, 0.3) is 28.0 Å². The topological polar surface area (TPSA) is 123 Å². The molecule has 6 heterocycles. The Morgan fingerprint density at radius 1 is 0.951 bits per heavy atom. The van der Waals surface area contributed by atoms with Gasteiger partial charge in [-0.25, -0.2) is 9.97 Å². The third-order valence-electron chi connectivity index (χ3n) is 8.33. The van der Waals surface area contributed by atoms with Gasteiger partial charge in [0.2, 0.25) is 0 Å². The van der Waals surface area contributed by atoms with E-state index in [1.165, 1.54) is 12.3 Å². The van der Waals surface area contributed by atoms with Crippen LogP contribution in [0.1, 0.15) is 47.8 Å². The maximum Gasteiger partial charge on any atom is 0.272 e. The third-order valence-corrected chi connectivity index (χ3v) is 9.16. The van der Waals surface area contributed by atoms with Gasteiger partial charge >= 0.3 is 0 Å². The second-order valence-corrected chi connectivity index (χ2v) is 11.5. The van der Waals surface area contributed by atoms with Crippen LogP contribution in [0.5, 0.6) is 5.75 Å². The fourth-order valence-electron chi connectivity index (χ4n) is 6.42. The number of aromatic nitrogens is 5. The van der Waals surface area contributed by atoms with Crippen molar-refractivity contribution in [2.75, 3.05) is 12.0 Å². The second kappa shape index (κ2) is 10.2. The first-order valence-corrected chi connectivity index (χ1v) is 14.9. The molecule has 1 amide bonds. The summed E-state index contributed by atoms with van der Waals surface area (Å²) in [7, 11) is 0. The monoisotopic (exact) mass is 563 g/mol. The summed E-state index contributed by atoms with van der Waals surface area (Å²) in [5.41, 5.74) is 12.5. The van der Waals surface area contributed by atoms with E-state index in [1.807, 2.05) is 59.8 Å². The standard InChI is InChI=1S/C31H29N7O2S/c1-41-28-27(20-13-21-8-9-22(14-20)37(21)31(40)26-12-10-23(39)16-34-26)36-30-24(17-35-38(30)29(28)32)19-7-11-25(33-15-19)18-5-3-2-4-6-18/h2-7,10-12,15-17,20-22,39H,8-9,13-14,32H2,1H3. The van der Waals surface area contributed by atoms with Crippen molar-refractivity contribution >= 4 is 29.1 Å². The molecule has 0 saturated carbocycles. The molecule has 41 heavy (non-hydrogen) atoms. The summed E-state index contributed by atoms with van der Waals surface area (Å²) in [5, 5.41) is 14.2. The van der Waals surface area contributed by atoms with Gasteiger partial charge in [0.05, 0.1) is 28.7 Å². The molecule has 7 rings (SSSR count). The number of hydrogen-bond acceptors (Lipinski definition) is 8. The minimum Gasteiger partial charge on any atom is -0.506 e. The van der Waals surface area contributed by atoms with E-state index in [4.69, 9.17) is 15.7 Å². The van der Waals surface area contributed by atoms with Crippen LogP contribution >= 0.6 is 11.8 Å². The number of thioether (sulfide) groups is 1. The van der Waals surface area contributed by atoms with Crippen molar-refractivity contribution in [2.24, 2.45) is 0 Å². The Hall–Kier alpha value is -4.44. The number of amides is 1. The lowest BCUT2D eigenvalue weighted by atomic mass is 9.87. The highest BCUT2D eigenvalue weighted by Crippen LogP contribution is 2.46. The first-order valence-electron chi connectivity index (χ1n) is 13.7. The maximum atomic E-state index is 13.4. The number of benzene rings is 1. The summed E-state index contributed by atoms with van der Waals surface area (Å²) >= 11 is 1.59. The summed E-state index contributed by atoms with van der Waals surface area (Å²) < 4.78 is 1.72. The normalized spacial score (nSPS) is 20.0. The number of rotatable bonds is 5. The second-order valence-electron chi connectivity index (χ2n) is 10.7. The van der Waals surface area contributed by atoms with Crippen molar-refractivity contribution in [3.63, 3.8) is 0 Å². The molecule has 0 spiro atoms. The molecular formula is C31H29N7O2S. The molecule has 2 fully saturated rings. The van der Waals surface area contributed by atoms with Gasteiger partial charge in [-0.3, -0.25) is 9.78 Å². The zero-order valence-corrected chi connectivity index (χ0v) is 23.3. The van der Waals surface area contributed by atoms with Gasteiger partial charge in [0.25, 0.3) is 5.91 Å². The van der Waals surface area contributed by atoms with Crippen molar-refractivity contribution < 1.29 is 9.90 Å². The van der Waals surface area contributed by atoms with Gasteiger partial charge < -0.3 is 15.7 Å². The SMILES string of the molecule is CSc1c(C2CC3CCC(C2)N3C(=O)c2ccc(O)cn2)nc2c(-c3ccc(-c4ccccc4)nc3)cnn2c1N. The van der Waals surface area contributed by atoms with Crippen LogP contribution in [0, 0.1) is 0 Å². The largest absolute Gasteiger partial charge is 0.506 e. The van der Waals surface area contributed by atoms with Crippen LogP contribution in [0.2, 0.25) is 0 Å². The lowest BCUT2D eigenvalue weighted by Gasteiger charge is -2.39. The van der Waals surface area contributed by atoms with Crippen LogP contribution in [-0.4, -0.2) is 58.8 Å². The predicted octanol–water partition coefficient (Wildman–Crippen LogP) is 5.41. The van der Waals surface area contributed by atoms with Crippen molar-refractivity contribution in [3.05, 3.63) is 84.6 Å². The van der Waals surface area contributed by atoms with E-state index >= 15 is 0 Å². The Morgan fingerprint density at radius 2 is 1.73 bits per heavy atom. The van der Waals surface area contributed by atoms with Crippen LogP contribution in [0.4, 0.5) is 5.82 Å². The number of aromatic hydroxyl groups is 1. The molecule has 206 valence electrons. The lowest BCUT2D eigenvalue weighted by molar-refractivity contribution is 0.0562. The molecule has 2 atom stereocenters. The number of fused-ring (bicyclic) bond motifs is 3. The van der Waals surface area contributed by atoms with E-state index in [-0.39, 0.29) is 29.7 Å². The summed E-state index contributed by atoms with van der Waals surface area (Å²) in [6, 6.07) is 17.5. The summed E-state index contributed by atoms with van der Waals surface area (Å²) in [6.45, 7) is 0. The zero-order valence-electron chi connectivity index (χ0n) is 22.5. The van der Waals surface area contributed by atoms with Crippen LogP contribution in [-0.2, 0) is 0 Å². The quantitative estimate of drug-likeness (QED) is 0.272. The number of anilines is 1. The molecule has 1 aromatic carbocycles. The van der Waals surface area contributed by atoms with Gasteiger partial charge in [0.1, 0.15) is 17.3 Å². The van der Waals surface area contributed by atoms with Crippen LogP contribution < -0.4 is 5.73 Å². The first kappa shape index (κ1) is 25.5. The maximum absolute atomic E-state index is 13.4. The highest BCUT2D eigenvalue weighted by Gasteiger charge is 2.45. The van der Waals surface area contributed by atoms with Crippen LogP contribution in [0.15, 0.2) is 78.1 Å². The number of carbonyl (C=O) groups excluding carboxylic acids is 1. The Bertz CT molecular complexity index is 1730. The summed E-state index contributed by atoms with van der Waals surface area (Å²) in [4.78, 5) is 30.4. The van der Waals surface area contributed by atoms with E-state index in [0.717, 1.165) is 58.7 Å². The van der Waals surface area contributed by atoms with Crippen LogP contribution in [0.3, 0.4) is 0 Å². The van der Waals surface area contributed by atoms with E-state index in [9.17, 15) is 9.90 Å². The fraction of sp³-hybridized carbons (Fsp3) is 0.258. The molecule has 2 saturated heterocycles. The molecule has 2 aliphatic heterocycles. The Morgan fingerprint density at radius 3 is 2.39 bits per heavy atom. The Labute approximate surface area is 241 Å². The summed E-state index contributed by atoms with van der Waals surface area (Å²) in [5.74, 6) is 0.722. The molecule has 2 unspecified atom stereocenters. The van der Waals surface area contributed by atoms with Gasteiger partial charge in [0, 0.05) is 40.9 Å². The molecule has 3 N–H and O–H groups in total. The number of hydrogen-bond donors (Lipinski definition) is 2. The molecule has 9 nitrogen and oxygen atoms in total. The first-order chi connectivity index (χ1) is 20.0. The minimum absolute atomic E-state index is 0.0500. The molecule has 10 heteroatoms. The number of carbonyl (C=O) groups is 1. The summed E-state index contributed by atoms with van der Waals surface area (Å²) in [6.07, 6.45) is 10.5. The highest BCUT2D eigenvalue weighted by molar-refractivity contribution is 7.98. The van der Waals surface area contributed by atoms with Gasteiger partial charge in [-0.1, -0.05) is 36.4 Å². The van der Waals surface area contributed by atoms with E-state index < -0.39 is 0 Å². The molecule has 0 aliphatic carbocycles. The van der Waals surface area contributed by atoms with Gasteiger partial charge in [-0.05, 0) is 50.1 Å². The predicted molar refractivity (Wildman–Crippen MR) is 159 cm³/mol. The van der Waals surface area contributed by atoms with Crippen molar-refractivity contribution in [1.29, 1.82) is 0 Å². The van der Waals surface area contributed by atoms with E-state index in [2.05, 4.69) is 10.1 Å². The van der Waals surface area contributed by atoms with Crippen molar-refractivity contribution in [3.8, 4) is 28.1 Å². The number of nitrogens with zero attached hydrogens (tertiary/aromatic N) is 6. The molecular weight excluding hydrogens is 534 g/mol. The average molecular weight is 564 g/mol. The van der Waals surface area contributed by atoms with E-state index in [1.54, 1.807) is 28.5 Å². The smallest absolute Gasteiger partial charge is 0.272 e. The fourth-order valence-corrected chi connectivity index (χ4v) is 7.13. The molecule has 5 aromatic rings. The Kier molecular flexibility index (Phi) is 6.34. The van der Waals surface area contributed by atoms with Gasteiger partial charge in [-0.2, -0.15) is 9.61 Å². The Balaban J connectivity index is 1.22. The minimum atomic E-state index is -0.0755. The molecule has 2 bridgehead atoms. The van der Waals surface area contributed by atoms with Gasteiger partial charge in [0.15, 0.2) is 5.65 Å². The van der Waals surface area contributed by atoms with Crippen molar-refractivity contribution in [1.82, 2.24) is 29.5 Å². The van der Waals surface area contributed by atoms with Crippen molar-refractivity contribution in [2.45, 2.75) is 48.6 Å². The highest BCUT2D eigenvalue weighted by atomic mass is 32.2. The molecule has 0 radical (unpaired) electrons. The van der Waals surface area contributed by atoms with E-state index in [0.29, 0.717) is 17.2 Å². The third kappa shape index (κ3) is 4.39. The lowest BCUT2D eigenvalue weighted by Crippen LogP contribution is -2.46. The number of pyridine rings is 2. The average Bonchev–Trinajstić information content (AvgIpc) is 3.55. The number of nitrogen functional groups attached to an aromatic ring is 1. The van der Waals surface area contributed by atoms with Gasteiger partial charge in [-0.15, -0.1) is 11.8 Å². The number of nitrogens with two attached hydrogens (primary N) is 1. The zero-order chi connectivity index (χ0) is 28.1. The molecule has 4 aromatic heterocycles.